The monoisotopic (exact) mass is 1820 g/mol. The summed E-state index contributed by atoms with van der Waals surface area (Å²) in [6.45, 7) is 29.3. The first-order valence-electron chi connectivity index (χ1n) is 47.8. The molecule has 13 rings (SSSR count). The number of hydrogen-bond acceptors (Lipinski definition) is 17. The van der Waals surface area contributed by atoms with E-state index < -0.39 is 11.7 Å². The molecule has 27 heteroatoms. The molecule has 8 N–H and O–H groups in total. The smallest absolute Gasteiger partial charge is 0.319 e. The highest BCUT2D eigenvalue weighted by molar-refractivity contribution is 6.08. The van der Waals surface area contributed by atoms with Crippen LogP contribution in [0.25, 0.3) is 0 Å². The lowest BCUT2D eigenvalue weighted by Crippen LogP contribution is -2.38. The van der Waals surface area contributed by atoms with Crippen molar-refractivity contribution < 1.29 is 71.1 Å². The largest absolute Gasteiger partial charge is 0.493 e. The lowest BCUT2D eigenvalue weighted by atomic mass is 10.1. The lowest BCUT2D eigenvalue weighted by Gasteiger charge is -2.32. The molecule has 4 heterocycles. The van der Waals surface area contributed by atoms with Crippen molar-refractivity contribution in [2.24, 2.45) is 0 Å². The number of carbonyl (C=O) groups excluding carboxylic acids is 6. The van der Waals surface area contributed by atoms with Crippen LogP contribution in [-0.2, 0) is 6.42 Å². The van der Waals surface area contributed by atoms with Gasteiger partial charge in [0.15, 0.2) is 23.0 Å². The molecule has 133 heavy (non-hydrogen) atoms. The second-order valence-corrected chi connectivity index (χ2v) is 34.1. The fourth-order valence-electron chi connectivity index (χ4n) is 16.2. The maximum Gasteiger partial charge on any atom is 0.319 e. The Morgan fingerprint density at radius 2 is 0.692 bits per heavy atom. The molecule has 0 unspecified atom stereocenters. The minimum atomic E-state index is -0.636. The fourth-order valence-corrected chi connectivity index (χ4v) is 16.2. The van der Waals surface area contributed by atoms with Gasteiger partial charge in [0, 0.05) is 127 Å². The molecule has 26 nitrogen and oxygen atoms in total. The van der Waals surface area contributed by atoms with Gasteiger partial charge in [-0.15, -0.1) is 0 Å². The Morgan fingerprint density at radius 1 is 0.346 bits per heavy atom. The first kappa shape index (κ1) is 101. The molecule has 0 bridgehead atoms. The number of halogens is 1. The standard InChI is InChI=1S/C37H48N4O5.C35H45FN4O5.C34H44N4O4/c1-5-8-20-40-21-18-31(19-22-40)45-30-12-9-26(10-13-30)36(42)41-23-17-27-24-32(14-15-33(27)41)46-34-16-11-29(25-35(34)44-4)39-37(43)38-28(6-2)7-3;1-5-8-19-40-20-17-28(18-21-40)44-29-14-15-30(31(36)23-29)34(41)37-25-9-12-27(13-10-25)45-32-16-11-26(22-33(32)43-4)39-35(42)38-24(6-2)7-3;1-4-7-22-38-23-20-32(21-24-38)42-29-14-8-25(9-15-29)33(39)35-27-10-16-30(17-11-27)41-31-18-12-28(13-19-31)37-34(40)36-26(5-2)6-3/h9-16,24-25,28,31H,5-8,17-23H2,1-4H3,(H2,38,39,43);9-16,22-24,28H,5-8,17-21H2,1-4H3,(H,37,41)(H2,38,39,42);8-19,26,32H,4-7,20-24H2,1-3H3,(H,35,39)(H2,36,37,40). The number of carbonyl (C=O) groups is 6. The Bertz CT molecular complexity index is 5130. The first-order chi connectivity index (χ1) is 64.7. The summed E-state index contributed by atoms with van der Waals surface area (Å²) in [6.07, 6.45) is 19.7. The number of unbranched alkanes of at least 4 members (excludes halogenated alkanes) is 3. The molecule has 4 aliphatic heterocycles. The third kappa shape index (κ3) is 31.6. The van der Waals surface area contributed by atoms with Gasteiger partial charge in [0.25, 0.3) is 17.7 Å². The average Bonchev–Trinajstić information content (AvgIpc) is 1.65. The van der Waals surface area contributed by atoms with E-state index in [1.807, 2.05) is 87.2 Å². The maximum atomic E-state index is 14.9. The third-order valence-electron chi connectivity index (χ3n) is 24.4. The van der Waals surface area contributed by atoms with Crippen molar-refractivity contribution >= 4 is 69.9 Å². The van der Waals surface area contributed by atoms with Gasteiger partial charge in [0.05, 0.1) is 19.8 Å². The summed E-state index contributed by atoms with van der Waals surface area (Å²) >= 11 is 0. The highest BCUT2D eigenvalue weighted by Crippen LogP contribution is 2.40. The average molecular weight is 1820 g/mol. The SMILES string of the molecule is CCCCN1CCC(Oc2ccc(C(=O)N3CCc4cc(Oc5ccc(NC(=O)NC(CC)CC)cc5OC)ccc43)cc2)CC1.CCCCN1CCC(Oc2ccc(C(=O)Nc3ccc(Oc4ccc(NC(=O)NC(CC)CC)cc4)cc3)cc2)CC1.CCCCN1CCC(Oc2ccc(C(=O)Nc3ccc(Oc4ccc(NC(=O)NC(CC)CC)cc4OC)cc3)c(F)c2)CC1. The van der Waals surface area contributed by atoms with Crippen LogP contribution in [0, 0.1) is 5.82 Å². The minimum absolute atomic E-state index is 0.0267. The van der Waals surface area contributed by atoms with E-state index in [4.69, 9.17) is 37.9 Å². The Balaban J connectivity index is 0.000000192. The molecule has 0 aromatic heterocycles. The van der Waals surface area contributed by atoms with Crippen LogP contribution in [0.3, 0.4) is 0 Å². The van der Waals surface area contributed by atoms with Crippen LogP contribution in [0.15, 0.2) is 194 Å². The number of nitrogens with zero attached hydrogens (tertiary/aromatic N) is 4. The second kappa shape index (κ2) is 52.6. The molecule has 0 atom stereocenters. The Kier molecular flexibility index (Phi) is 39.9. The van der Waals surface area contributed by atoms with Gasteiger partial charge in [0.2, 0.25) is 0 Å². The summed E-state index contributed by atoms with van der Waals surface area (Å²) in [4.78, 5) is 85.3. The quantitative estimate of drug-likeness (QED) is 0.0177. The van der Waals surface area contributed by atoms with Crippen LogP contribution in [0.5, 0.6) is 63.2 Å². The summed E-state index contributed by atoms with van der Waals surface area (Å²) in [7, 11) is 3.09. The topological polar surface area (TPSA) is 285 Å². The van der Waals surface area contributed by atoms with E-state index in [-0.39, 0.29) is 71.9 Å². The number of anilines is 6. The predicted octanol–water partition coefficient (Wildman–Crippen LogP) is 23.2. The van der Waals surface area contributed by atoms with Crippen LogP contribution in [-0.4, -0.2) is 167 Å². The second-order valence-electron chi connectivity index (χ2n) is 34.1. The number of benzene rings is 9. The van der Waals surface area contributed by atoms with E-state index in [1.54, 1.807) is 135 Å². The zero-order valence-electron chi connectivity index (χ0n) is 79.3. The molecule has 4 aliphatic rings. The number of urea groups is 3. The van der Waals surface area contributed by atoms with Crippen LogP contribution in [0.4, 0.5) is 52.9 Å². The zero-order valence-corrected chi connectivity index (χ0v) is 79.3. The van der Waals surface area contributed by atoms with Crippen molar-refractivity contribution in [1.82, 2.24) is 30.7 Å². The summed E-state index contributed by atoms with van der Waals surface area (Å²) in [5, 5.41) is 23.0. The van der Waals surface area contributed by atoms with E-state index in [0.29, 0.717) is 97.9 Å². The molecule has 0 spiro atoms. The molecule has 9 amide bonds. The van der Waals surface area contributed by atoms with Gasteiger partial charge in [-0.1, -0.05) is 81.6 Å². The number of hydrogen-bond donors (Lipinski definition) is 8. The Labute approximate surface area is 784 Å². The Hall–Kier alpha value is -12.6. The van der Waals surface area contributed by atoms with Crippen molar-refractivity contribution in [1.29, 1.82) is 0 Å². The highest BCUT2D eigenvalue weighted by Gasteiger charge is 2.29. The number of piperidine rings is 3. The predicted molar refractivity (Wildman–Crippen MR) is 527 cm³/mol. The van der Waals surface area contributed by atoms with Crippen LogP contribution in [0.2, 0.25) is 0 Å². The van der Waals surface area contributed by atoms with Crippen molar-refractivity contribution in [3.63, 3.8) is 0 Å². The van der Waals surface area contributed by atoms with E-state index in [2.05, 4.69) is 91.9 Å². The summed E-state index contributed by atoms with van der Waals surface area (Å²) in [5.41, 5.74) is 6.10. The molecule has 0 aliphatic carbocycles. The molecule has 9 aromatic rings. The summed E-state index contributed by atoms with van der Waals surface area (Å²) in [5.74, 6) is 4.99. The molecule has 9 aromatic carbocycles. The normalized spacial score (nSPS) is 14.2. The number of nitrogens with one attached hydrogen (secondary N) is 8. The third-order valence-corrected chi connectivity index (χ3v) is 24.4. The van der Waals surface area contributed by atoms with Gasteiger partial charge < -0.3 is 100 Å². The van der Waals surface area contributed by atoms with Gasteiger partial charge >= 0.3 is 18.1 Å². The molecule has 0 saturated carbocycles. The number of rotatable bonds is 40. The minimum Gasteiger partial charge on any atom is -0.493 e. The van der Waals surface area contributed by atoms with E-state index in [1.165, 1.54) is 70.9 Å². The zero-order chi connectivity index (χ0) is 94.4. The van der Waals surface area contributed by atoms with Crippen molar-refractivity contribution in [3.05, 3.63) is 222 Å². The molecule has 3 saturated heterocycles. The summed E-state index contributed by atoms with van der Waals surface area (Å²) < 4.78 is 62.5. The van der Waals surface area contributed by atoms with Crippen LogP contribution < -0.4 is 85.3 Å². The fraction of sp³-hybridized carbons (Fsp3) is 0.434. The summed E-state index contributed by atoms with van der Waals surface area (Å²) in [6, 6.07) is 56.2. The molecular weight excluding hydrogens is 1680 g/mol. The van der Waals surface area contributed by atoms with Gasteiger partial charge in [0.1, 0.15) is 64.4 Å². The van der Waals surface area contributed by atoms with Crippen LogP contribution in [0.1, 0.15) is 215 Å². The van der Waals surface area contributed by atoms with E-state index in [9.17, 15) is 33.2 Å². The van der Waals surface area contributed by atoms with E-state index in [0.717, 1.165) is 152 Å². The van der Waals surface area contributed by atoms with E-state index >= 15 is 0 Å². The van der Waals surface area contributed by atoms with Crippen molar-refractivity contribution in [3.8, 4) is 63.2 Å². The Morgan fingerprint density at radius 3 is 1.09 bits per heavy atom. The van der Waals surface area contributed by atoms with Gasteiger partial charge in [-0.05, 0) is 304 Å². The molecular formula is C106H137FN12O14. The molecule has 3 fully saturated rings. The van der Waals surface area contributed by atoms with Gasteiger partial charge in [-0.25, -0.2) is 18.8 Å². The van der Waals surface area contributed by atoms with Crippen LogP contribution >= 0.6 is 0 Å². The maximum absolute atomic E-state index is 14.9. The number of likely N-dealkylation sites (tertiary alicyclic amines) is 3. The van der Waals surface area contributed by atoms with Gasteiger partial charge in [-0.3, -0.25) is 14.4 Å². The number of amides is 9. The van der Waals surface area contributed by atoms with Gasteiger partial charge in [-0.2, -0.15) is 0 Å². The highest BCUT2D eigenvalue weighted by atomic mass is 19.1. The molecule has 0 radical (unpaired) electrons. The number of ether oxygens (including phenoxy) is 8. The number of fused-ring (bicyclic) bond motifs is 1. The number of methoxy groups -OCH3 is 2. The van der Waals surface area contributed by atoms with Crippen molar-refractivity contribution in [2.75, 3.05) is 111 Å². The lowest BCUT2D eigenvalue weighted by molar-refractivity contribution is 0.0980. The first-order valence-corrected chi connectivity index (χ1v) is 47.8. The molecule has 712 valence electrons. The van der Waals surface area contributed by atoms with Crippen molar-refractivity contribution in [2.45, 2.75) is 221 Å².